The van der Waals surface area contributed by atoms with Gasteiger partial charge in [0.1, 0.15) is 48.3 Å². The van der Waals surface area contributed by atoms with Gasteiger partial charge in [-0.1, -0.05) is 72.8 Å². The second-order valence-corrected chi connectivity index (χ2v) is 24.7. The van der Waals surface area contributed by atoms with Crippen molar-refractivity contribution in [3.05, 3.63) is 144 Å². The third kappa shape index (κ3) is 20.2. The van der Waals surface area contributed by atoms with Crippen LogP contribution in [0.2, 0.25) is 0 Å². The maximum atomic E-state index is 15.7. The lowest BCUT2D eigenvalue weighted by molar-refractivity contribution is -0.136. The summed E-state index contributed by atoms with van der Waals surface area (Å²) in [5.74, 6) is -8.34. The van der Waals surface area contributed by atoms with Gasteiger partial charge in [0, 0.05) is 114 Å². The van der Waals surface area contributed by atoms with Crippen LogP contribution in [0.15, 0.2) is 122 Å². The van der Waals surface area contributed by atoms with Crippen LogP contribution in [0.1, 0.15) is 73.8 Å². The van der Waals surface area contributed by atoms with E-state index in [-0.39, 0.29) is 127 Å². The number of aromatic nitrogens is 4. The van der Waals surface area contributed by atoms with E-state index in [4.69, 9.17) is 44.6 Å². The number of hydrogen-bond acceptors (Lipinski definition) is 12. The Morgan fingerprint density at radius 1 is 0.330 bits per heavy atom. The molecule has 1 aliphatic heterocycles. The van der Waals surface area contributed by atoms with Crippen LogP contribution in [0.5, 0.6) is 0 Å². The quantitative estimate of drug-likeness (QED) is 0.0212. The topological polar surface area (TPSA) is 544 Å². The molecule has 32 nitrogen and oxygen atoms in total. The van der Waals surface area contributed by atoms with Crippen LogP contribution in [0.25, 0.3) is 43.6 Å². The van der Waals surface area contributed by atoms with Gasteiger partial charge in [-0.25, -0.2) is 0 Å². The average Bonchev–Trinajstić information content (AvgIpc) is 1.64. The van der Waals surface area contributed by atoms with Crippen LogP contribution in [-0.4, -0.2) is 166 Å². The van der Waals surface area contributed by atoms with Crippen molar-refractivity contribution in [2.24, 2.45) is 22.9 Å². The van der Waals surface area contributed by atoms with Gasteiger partial charge in [0.25, 0.3) is 0 Å². The molecule has 0 bridgehead atoms. The van der Waals surface area contributed by atoms with Crippen LogP contribution in [0, 0.1) is 21.6 Å². The van der Waals surface area contributed by atoms with Gasteiger partial charge in [-0.15, -0.1) is 0 Å². The number of nitrogens with two attached hydrogens (primary N) is 4. The summed E-state index contributed by atoms with van der Waals surface area (Å²) in [6, 6.07) is 19.3. The van der Waals surface area contributed by atoms with E-state index in [0.29, 0.717) is 44.2 Å². The predicted octanol–water partition coefficient (Wildman–Crippen LogP) is -0.173. The number of rotatable bonds is 24. The Kier molecular flexibility index (Phi) is 25.0. The van der Waals surface area contributed by atoms with Crippen molar-refractivity contribution in [2.45, 2.75) is 125 Å². The molecular formula is C68H88N24O8. The molecule has 32 heteroatoms. The molecule has 28 N–H and O–H groups in total. The summed E-state index contributed by atoms with van der Waals surface area (Å²) in [6.45, 7) is 0.244. The molecular weight excluding hydrogens is 1280 g/mol. The van der Waals surface area contributed by atoms with Gasteiger partial charge in [-0.2, -0.15) is 0 Å². The van der Waals surface area contributed by atoms with Gasteiger partial charge < -0.3 is 107 Å². The summed E-state index contributed by atoms with van der Waals surface area (Å²) in [6.07, 6.45) is 4.31. The molecule has 1 fully saturated rings. The number of hydrogen-bond donors (Lipinski definition) is 24. The highest BCUT2D eigenvalue weighted by molar-refractivity contribution is 6.00. The minimum Gasteiger partial charge on any atom is -0.370 e. The summed E-state index contributed by atoms with van der Waals surface area (Å²) in [5, 5.41) is 67.7. The van der Waals surface area contributed by atoms with Crippen molar-refractivity contribution in [3.63, 3.8) is 0 Å². The van der Waals surface area contributed by atoms with E-state index in [1.807, 2.05) is 103 Å². The highest BCUT2D eigenvalue weighted by Gasteiger charge is 2.37. The fourth-order valence-corrected chi connectivity index (χ4v) is 12.2. The highest BCUT2D eigenvalue weighted by atomic mass is 16.2. The monoisotopic (exact) mass is 1370 g/mol. The Labute approximate surface area is 574 Å². The third-order valence-electron chi connectivity index (χ3n) is 17.3. The minimum atomic E-state index is -1.50. The Hall–Kier alpha value is -12.1. The van der Waals surface area contributed by atoms with Crippen LogP contribution < -0.4 is 86.7 Å². The van der Waals surface area contributed by atoms with E-state index in [1.165, 1.54) is 0 Å². The summed E-state index contributed by atoms with van der Waals surface area (Å²) in [4.78, 5) is 136. The number of guanidine groups is 4. The molecule has 0 aliphatic carbocycles. The fraction of sp³-hybridized carbons (Fsp3) is 0.353. The molecule has 0 unspecified atom stereocenters. The van der Waals surface area contributed by atoms with E-state index in [0.717, 1.165) is 21.8 Å². The summed E-state index contributed by atoms with van der Waals surface area (Å²) in [5.41, 5.74) is 27.7. The maximum Gasteiger partial charge on any atom is 0.243 e. The number of H-pyrrole nitrogens is 4. The molecule has 8 amide bonds. The SMILES string of the molecule is N=C(N)NCCC[C@H]1NC(=O)[C@@H](CCCNC(=N)N)NC(=O)[C@@H](CCCNC(=N)N)NC(=O)[C@@H](Cc2c[nH]c3ccccc23)NC(=O)[C@@H](Cc2cc3ccccc3[nH]2)NC(=O)[C@@H](Cc2c[nH]c3ccccc23)NC(=O)[C@@H](Cc2c[nH]c3ccccc23)NC(=O)[C@@H](CCCNC(=N)N)NC1=O. The Balaban J connectivity index is 1.17. The normalized spacial score (nSPS) is 20.2. The second-order valence-electron chi connectivity index (χ2n) is 24.7. The van der Waals surface area contributed by atoms with E-state index in [2.05, 4.69) is 83.7 Å². The lowest BCUT2D eigenvalue weighted by Crippen LogP contribution is -2.62. The molecule has 100 heavy (non-hydrogen) atoms. The molecule has 8 atom stereocenters. The molecule has 4 aromatic carbocycles. The van der Waals surface area contributed by atoms with Crippen molar-refractivity contribution < 1.29 is 38.4 Å². The van der Waals surface area contributed by atoms with Crippen molar-refractivity contribution in [1.82, 2.24) is 83.7 Å². The van der Waals surface area contributed by atoms with Gasteiger partial charge in [0.15, 0.2) is 23.8 Å². The number of carbonyl (C=O) groups excluding carboxylic acids is 8. The lowest BCUT2D eigenvalue weighted by atomic mass is 10.00. The van der Waals surface area contributed by atoms with Crippen molar-refractivity contribution in [2.75, 3.05) is 26.2 Å². The molecule has 528 valence electrons. The number of amides is 8. The third-order valence-corrected chi connectivity index (χ3v) is 17.3. The number of carbonyl (C=O) groups is 8. The summed E-state index contributed by atoms with van der Waals surface area (Å²) < 4.78 is 0. The first-order valence-corrected chi connectivity index (χ1v) is 33.1. The highest BCUT2D eigenvalue weighted by Crippen LogP contribution is 2.24. The molecule has 9 rings (SSSR count). The Morgan fingerprint density at radius 3 is 0.870 bits per heavy atom. The number of benzene rings is 4. The van der Waals surface area contributed by atoms with E-state index in [9.17, 15) is 4.79 Å². The molecule has 4 aromatic heterocycles. The minimum absolute atomic E-state index is 0.0583. The zero-order valence-corrected chi connectivity index (χ0v) is 55.1. The Bertz CT molecular complexity index is 4240. The number of fused-ring (bicyclic) bond motifs is 4. The second kappa shape index (κ2) is 34.7. The number of para-hydroxylation sites is 4. The molecule has 0 spiro atoms. The van der Waals surface area contributed by atoms with Crippen LogP contribution >= 0.6 is 0 Å². The lowest BCUT2D eigenvalue weighted by Gasteiger charge is -2.29. The standard InChI is InChI=1S/C68H88N24O8/c69-65(70)77-25-9-21-49-57(93)85-50(22-10-26-78-66(71)72)58(94)87-52(24-12-28-80-68(75)76)60(96)89-54(31-39-35-82-47-19-7-3-15-43(39)47)62(98)90-55(32-40-36-83-48-20-8-4-16-44(40)48)63(99)92-56(33-41-29-37-13-1-5-17-45(37)84-41)64(100)91-53(30-38-34-81-46-18-6-2-14-42(38)46)61(97)88-51(59(95)86-49)23-11-27-79-67(73)74/h1-8,13-20,29,34-36,49-56,81-84H,9-12,21-28,30-33H2,(H,85,93)(H,86,95)(H,87,94)(H,88,97)(H,89,96)(H,90,98)(H,91,100)(H,92,99)(H4,69,70,77)(H4,71,72,78)(H4,73,74,79)(H4,75,76,80)/t49-,50-,51-,52-,53-,54-,55-,56-/m1/s1. The van der Waals surface area contributed by atoms with Gasteiger partial charge in [0.2, 0.25) is 47.3 Å². The van der Waals surface area contributed by atoms with E-state index in [1.54, 1.807) is 18.6 Å². The van der Waals surface area contributed by atoms with E-state index >= 15 is 33.6 Å². The predicted molar refractivity (Wildman–Crippen MR) is 380 cm³/mol. The van der Waals surface area contributed by atoms with Gasteiger partial charge in [-0.05, 0) is 104 Å². The smallest absolute Gasteiger partial charge is 0.243 e. The average molecular weight is 1370 g/mol. The van der Waals surface area contributed by atoms with Gasteiger partial charge in [-0.3, -0.25) is 60.0 Å². The molecule has 0 saturated carbocycles. The van der Waals surface area contributed by atoms with Crippen molar-refractivity contribution in [1.29, 1.82) is 21.6 Å². The molecule has 1 aliphatic rings. The van der Waals surface area contributed by atoms with Crippen LogP contribution in [0.3, 0.4) is 0 Å². The van der Waals surface area contributed by atoms with Crippen molar-refractivity contribution >= 4 is 115 Å². The van der Waals surface area contributed by atoms with Crippen LogP contribution in [0.4, 0.5) is 0 Å². The molecule has 5 heterocycles. The zero-order chi connectivity index (χ0) is 71.2. The molecule has 8 aromatic rings. The summed E-state index contributed by atoms with van der Waals surface area (Å²) in [7, 11) is 0. The number of nitrogens with one attached hydrogen (secondary N) is 20. The first-order chi connectivity index (χ1) is 48.2. The number of aromatic amines is 4. The molecule has 0 radical (unpaired) electrons. The van der Waals surface area contributed by atoms with Gasteiger partial charge >= 0.3 is 0 Å². The molecule has 1 saturated heterocycles. The van der Waals surface area contributed by atoms with Gasteiger partial charge in [0.05, 0.1) is 0 Å². The summed E-state index contributed by atoms with van der Waals surface area (Å²) >= 11 is 0. The van der Waals surface area contributed by atoms with Crippen molar-refractivity contribution in [3.8, 4) is 0 Å². The van der Waals surface area contributed by atoms with E-state index < -0.39 is 95.6 Å². The Morgan fingerprint density at radius 2 is 0.580 bits per heavy atom. The first kappa shape index (κ1) is 72.2. The largest absolute Gasteiger partial charge is 0.370 e. The van der Waals surface area contributed by atoms with Crippen LogP contribution in [-0.2, 0) is 64.0 Å². The maximum absolute atomic E-state index is 15.7. The first-order valence-electron chi connectivity index (χ1n) is 33.1. The zero-order valence-electron chi connectivity index (χ0n) is 55.1. The fourth-order valence-electron chi connectivity index (χ4n) is 12.2.